The van der Waals surface area contributed by atoms with Gasteiger partial charge in [-0.25, -0.2) is 18.4 Å². The smallest absolute Gasteiger partial charge is 0.222 e. The van der Waals surface area contributed by atoms with Crippen LogP contribution in [0.25, 0.3) is 22.2 Å². The van der Waals surface area contributed by atoms with Gasteiger partial charge >= 0.3 is 0 Å². The number of aromatic nitrogens is 3. The Labute approximate surface area is 174 Å². The highest BCUT2D eigenvalue weighted by Gasteiger charge is 2.20. The lowest BCUT2D eigenvalue weighted by Crippen LogP contribution is -2.36. The molecular formula is C20H23N5O4S. The minimum absolute atomic E-state index is 0.0228. The highest BCUT2D eigenvalue weighted by atomic mass is 32.2. The quantitative estimate of drug-likeness (QED) is 0.674. The summed E-state index contributed by atoms with van der Waals surface area (Å²) in [5, 5.41) is 3.53. The molecule has 4 heterocycles. The van der Waals surface area contributed by atoms with Gasteiger partial charge in [0.1, 0.15) is 5.82 Å². The summed E-state index contributed by atoms with van der Waals surface area (Å²) in [4.78, 5) is 22.3. The molecule has 3 aromatic heterocycles. The molecule has 1 aliphatic rings. The van der Waals surface area contributed by atoms with E-state index in [0.29, 0.717) is 37.8 Å². The third-order valence-corrected chi connectivity index (χ3v) is 5.97. The number of amides is 1. The Morgan fingerprint density at radius 2 is 1.93 bits per heavy atom. The highest BCUT2D eigenvalue weighted by Crippen LogP contribution is 2.33. The van der Waals surface area contributed by atoms with Crippen LogP contribution >= 0.6 is 0 Å². The molecule has 0 saturated carbocycles. The van der Waals surface area contributed by atoms with Gasteiger partial charge in [-0.2, -0.15) is 0 Å². The Morgan fingerprint density at radius 1 is 1.20 bits per heavy atom. The molecule has 158 valence electrons. The lowest BCUT2D eigenvalue weighted by Gasteiger charge is -2.29. The van der Waals surface area contributed by atoms with E-state index < -0.39 is 9.84 Å². The zero-order valence-corrected chi connectivity index (χ0v) is 17.9. The van der Waals surface area contributed by atoms with Crippen molar-refractivity contribution in [2.45, 2.75) is 11.9 Å². The zero-order chi connectivity index (χ0) is 21.5. The molecule has 9 nitrogen and oxygen atoms in total. The first-order valence-corrected chi connectivity index (χ1v) is 11.4. The summed E-state index contributed by atoms with van der Waals surface area (Å²) < 4.78 is 32.0. The van der Waals surface area contributed by atoms with E-state index in [9.17, 15) is 13.2 Å². The Hall–Kier alpha value is -2.98. The summed E-state index contributed by atoms with van der Waals surface area (Å²) in [6.07, 6.45) is 4.72. The molecule has 0 atom stereocenters. The van der Waals surface area contributed by atoms with Crippen LogP contribution in [-0.4, -0.2) is 61.4 Å². The van der Waals surface area contributed by atoms with Gasteiger partial charge in [0.2, 0.25) is 5.91 Å². The lowest BCUT2D eigenvalue weighted by atomic mass is 10.1. The number of carbonyl (C=O) groups excluding carboxylic acids is 1. The van der Waals surface area contributed by atoms with E-state index in [4.69, 9.17) is 4.74 Å². The Kier molecular flexibility index (Phi) is 5.20. The molecule has 0 aliphatic carbocycles. The van der Waals surface area contributed by atoms with E-state index in [0.717, 1.165) is 28.4 Å². The van der Waals surface area contributed by atoms with E-state index in [1.165, 1.54) is 6.92 Å². The maximum absolute atomic E-state index is 12.3. The normalized spacial score (nSPS) is 14.8. The molecule has 0 radical (unpaired) electrons. The fraction of sp³-hybridized carbons (Fsp3) is 0.350. The maximum atomic E-state index is 12.3. The molecule has 0 aromatic carbocycles. The molecular weight excluding hydrogens is 406 g/mol. The van der Waals surface area contributed by atoms with Crippen LogP contribution in [0.5, 0.6) is 0 Å². The summed E-state index contributed by atoms with van der Waals surface area (Å²) in [5.41, 5.74) is 2.95. The first-order chi connectivity index (χ1) is 14.2. The van der Waals surface area contributed by atoms with Crippen LogP contribution < -0.4 is 10.2 Å². The van der Waals surface area contributed by atoms with E-state index in [1.54, 1.807) is 18.3 Å². The Bertz CT molecular complexity index is 1230. The number of rotatable bonds is 4. The first kappa shape index (κ1) is 20.3. The van der Waals surface area contributed by atoms with Gasteiger partial charge in [0.15, 0.2) is 14.9 Å². The van der Waals surface area contributed by atoms with E-state index in [2.05, 4.69) is 20.2 Å². The number of nitrogens with zero attached hydrogens (tertiary/aromatic N) is 4. The fourth-order valence-corrected chi connectivity index (χ4v) is 4.15. The van der Waals surface area contributed by atoms with Crippen LogP contribution in [0.1, 0.15) is 6.92 Å². The summed E-state index contributed by atoms with van der Waals surface area (Å²) in [6, 6.07) is 5.28. The van der Waals surface area contributed by atoms with Crippen molar-refractivity contribution >= 4 is 38.2 Å². The fourth-order valence-electron chi connectivity index (χ4n) is 3.55. The molecule has 1 fully saturated rings. The van der Waals surface area contributed by atoms with Crippen molar-refractivity contribution in [3.8, 4) is 11.3 Å². The third kappa shape index (κ3) is 4.01. The number of sulfone groups is 1. The summed E-state index contributed by atoms with van der Waals surface area (Å²) in [5.74, 6) is 0.209. The van der Waals surface area contributed by atoms with Gasteiger partial charge < -0.3 is 19.5 Å². The van der Waals surface area contributed by atoms with E-state index >= 15 is 0 Å². The number of fused-ring (bicyclic) bond motifs is 1. The minimum Gasteiger partial charge on any atom is -0.378 e. The second-order valence-electron chi connectivity index (χ2n) is 7.34. The Morgan fingerprint density at radius 3 is 2.60 bits per heavy atom. The lowest BCUT2D eigenvalue weighted by molar-refractivity contribution is -0.114. The zero-order valence-electron chi connectivity index (χ0n) is 17.0. The van der Waals surface area contributed by atoms with Crippen molar-refractivity contribution in [3.05, 3.63) is 30.6 Å². The maximum Gasteiger partial charge on any atom is 0.222 e. The third-order valence-electron chi connectivity index (χ3n) is 5.00. The number of carbonyl (C=O) groups is 1. The number of hydrogen-bond acceptors (Lipinski definition) is 7. The molecule has 1 saturated heterocycles. The molecule has 0 spiro atoms. The number of hydrogen-bond donors (Lipinski definition) is 1. The van der Waals surface area contributed by atoms with Crippen molar-refractivity contribution in [3.63, 3.8) is 0 Å². The molecule has 30 heavy (non-hydrogen) atoms. The topological polar surface area (TPSA) is 106 Å². The van der Waals surface area contributed by atoms with Crippen LogP contribution in [-0.2, 0) is 26.4 Å². The largest absolute Gasteiger partial charge is 0.378 e. The minimum atomic E-state index is -3.51. The molecule has 0 bridgehead atoms. The van der Waals surface area contributed by atoms with Crippen LogP contribution in [0, 0.1) is 0 Å². The second-order valence-corrected chi connectivity index (χ2v) is 9.30. The van der Waals surface area contributed by atoms with Gasteiger partial charge in [0.25, 0.3) is 0 Å². The molecule has 10 heteroatoms. The second kappa shape index (κ2) is 7.69. The number of aryl methyl sites for hydroxylation is 1. The van der Waals surface area contributed by atoms with Crippen LogP contribution in [0.15, 0.2) is 35.6 Å². The number of ether oxygens (including phenoxy) is 1. The van der Waals surface area contributed by atoms with Crippen molar-refractivity contribution in [2.24, 2.45) is 7.05 Å². The van der Waals surface area contributed by atoms with Gasteiger partial charge in [-0.1, -0.05) is 0 Å². The predicted molar refractivity (Wildman–Crippen MR) is 114 cm³/mol. The van der Waals surface area contributed by atoms with Gasteiger partial charge in [0.05, 0.1) is 30.6 Å². The van der Waals surface area contributed by atoms with Crippen LogP contribution in [0.4, 0.5) is 11.5 Å². The average molecular weight is 430 g/mol. The van der Waals surface area contributed by atoms with Crippen molar-refractivity contribution in [2.75, 3.05) is 42.8 Å². The number of pyridine rings is 2. The SMILES string of the molecule is CC(=O)Nc1cc2c(-c3cc(N4CCOCC4)cc(S(C)(=O)=O)n3)cn(C)c2cn1. The molecule has 1 N–H and O–H groups in total. The number of nitrogens with one attached hydrogen (secondary N) is 1. The number of anilines is 2. The predicted octanol–water partition coefficient (Wildman–Crippen LogP) is 1.83. The first-order valence-electron chi connectivity index (χ1n) is 9.50. The summed E-state index contributed by atoms with van der Waals surface area (Å²) in [7, 11) is -1.63. The molecule has 1 amide bonds. The van der Waals surface area contributed by atoms with E-state index in [-0.39, 0.29) is 10.9 Å². The van der Waals surface area contributed by atoms with E-state index in [1.807, 2.05) is 23.9 Å². The van der Waals surface area contributed by atoms with Gasteiger partial charge in [-0.05, 0) is 18.2 Å². The molecule has 3 aromatic rings. The van der Waals surface area contributed by atoms with Crippen molar-refractivity contribution in [1.82, 2.24) is 14.5 Å². The summed E-state index contributed by atoms with van der Waals surface area (Å²) in [6.45, 7) is 3.96. The highest BCUT2D eigenvalue weighted by molar-refractivity contribution is 7.90. The van der Waals surface area contributed by atoms with Crippen LogP contribution in [0.2, 0.25) is 0 Å². The average Bonchev–Trinajstić information content (AvgIpc) is 3.03. The molecule has 1 aliphatic heterocycles. The van der Waals surface area contributed by atoms with Gasteiger partial charge in [0, 0.05) is 56.2 Å². The van der Waals surface area contributed by atoms with Crippen molar-refractivity contribution in [1.29, 1.82) is 0 Å². The van der Waals surface area contributed by atoms with Crippen LogP contribution in [0.3, 0.4) is 0 Å². The van der Waals surface area contributed by atoms with Gasteiger partial charge in [-0.3, -0.25) is 4.79 Å². The van der Waals surface area contributed by atoms with Crippen molar-refractivity contribution < 1.29 is 17.9 Å². The Balaban J connectivity index is 1.90. The van der Waals surface area contributed by atoms with Gasteiger partial charge in [-0.15, -0.1) is 0 Å². The summed E-state index contributed by atoms with van der Waals surface area (Å²) >= 11 is 0. The molecule has 0 unspecified atom stereocenters. The monoisotopic (exact) mass is 429 g/mol. The standard InChI is InChI=1S/C20H23N5O4S/c1-13(26)22-19-10-15-16(12-24(2)18(15)11-21-19)17-8-14(25-4-6-29-7-5-25)9-20(23-17)30(3,27)28/h8-12H,4-7H2,1-3H3,(H,21,22,26). The number of morpholine rings is 1. The molecule has 4 rings (SSSR count).